The summed E-state index contributed by atoms with van der Waals surface area (Å²) in [6.45, 7) is 12.5. The molecule has 2 unspecified atom stereocenters. The van der Waals surface area contributed by atoms with Gasteiger partial charge in [0.05, 0.1) is 0 Å². The van der Waals surface area contributed by atoms with E-state index in [4.69, 9.17) is 0 Å². The minimum absolute atomic E-state index is 0. The molecule has 0 spiro atoms. The van der Waals surface area contributed by atoms with Gasteiger partial charge in [0.25, 0.3) is 0 Å². The van der Waals surface area contributed by atoms with Crippen molar-refractivity contribution in [1.29, 1.82) is 0 Å². The Hall–Kier alpha value is 0.111. The van der Waals surface area contributed by atoms with Crippen LogP contribution in [0, 0.1) is 24.7 Å². The topological polar surface area (TPSA) is 0 Å². The Kier molecular flexibility index (Phi) is 17.6. The van der Waals surface area contributed by atoms with Crippen LogP contribution < -0.4 is 0 Å². The van der Waals surface area contributed by atoms with E-state index in [0.717, 1.165) is 19.3 Å². The van der Waals surface area contributed by atoms with Crippen molar-refractivity contribution in [1.82, 2.24) is 0 Å². The van der Waals surface area contributed by atoms with Crippen LogP contribution >= 0.6 is 0 Å². The van der Waals surface area contributed by atoms with Crippen LogP contribution in [0.5, 0.6) is 0 Å². The number of hydrogen-bond donors (Lipinski definition) is 0. The van der Waals surface area contributed by atoms with Crippen LogP contribution in [-0.2, 0) is 32.7 Å². The van der Waals surface area contributed by atoms with E-state index in [-0.39, 0.29) is 39.1 Å². The predicted octanol–water partition coefficient (Wildman–Crippen LogP) is 6.44. The van der Waals surface area contributed by atoms with E-state index < -0.39 is 20.9 Å². The first-order valence-electron chi connectivity index (χ1n) is 8.34. The molecule has 0 nitrogen and oxygen atoms in total. The number of rotatable bonds is 11. The molecule has 0 saturated heterocycles. The van der Waals surface area contributed by atoms with Crippen molar-refractivity contribution in [3.05, 3.63) is 12.8 Å². The van der Waals surface area contributed by atoms with Gasteiger partial charge in [0.15, 0.2) is 0 Å². The minimum atomic E-state index is -4.12. The van der Waals surface area contributed by atoms with Crippen molar-refractivity contribution < 1.29 is 45.9 Å². The van der Waals surface area contributed by atoms with Gasteiger partial charge in [0, 0.05) is 41.5 Å². The molecule has 0 aliphatic carbocycles. The van der Waals surface area contributed by atoms with E-state index in [9.17, 15) is 13.2 Å². The fourth-order valence-corrected chi connectivity index (χ4v) is 4.44. The molecule has 1 radical (unpaired) electrons. The van der Waals surface area contributed by atoms with Crippen molar-refractivity contribution in [2.75, 3.05) is 0 Å². The molecule has 0 rings (SSSR count). The average molecular weight is 678 g/mol. The molecule has 0 aliphatic rings. The van der Waals surface area contributed by atoms with Crippen molar-refractivity contribution in [2.45, 2.75) is 84.1 Å². The standard InChI is InChI=1S/C17H33F3Si.Rf.Y/c1-14(12-15(2)13-21(4)5)10-8-6-7-9-11-16(3)17(18,19)20;;/h14,16,21H,3,6-13H2,1-2,4-5H3;;/q-2;;. The van der Waals surface area contributed by atoms with Gasteiger partial charge in [-0.2, -0.15) is 32.6 Å². The van der Waals surface area contributed by atoms with Crippen LogP contribution in [-0.4, -0.2) is 15.0 Å². The smallest absolute Gasteiger partial charge is 0.332 e. The van der Waals surface area contributed by atoms with Gasteiger partial charge in [-0.1, -0.05) is 70.4 Å². The summed E-state index contributed by atoms with van der Waals surface area (Å²) >= 11 is 0. The van der Waals surface area contributed by atoms with Crippen molar-refractivity contribution in [3.63, 3.8) is 0 Å². The molecule has 2 atom stereocenters. The molecule has 0 aromatic rings. The Bertz CT molecular complexity index is 263. The Morgan fingerprint density at radius 3 is 1.96 bits per heavy atom. The van der Waals surface area contributed by atoms with Crippen molar-refractivity contribution >= 4 is 8.80 Å². The fourth-order valence-electron chi connectivity index (χ4n) is 2.88. The number of hydrogen-bond acceptors (Lipinski definition) is 0. The molecule has 0 saturated carbocycles. The largest absolute Gasteiger partial charge is 0.365 e. The van der Waals surface area contributed by atoms with E-state index in [1.165, 1.54) is 18.9 Å². The Labute approximate surface area is 162 Å². The van der Waals surface area contributed by atoms with Gasteiger partial charge in [0.2, 0.25) is 0 Å². The zero-order valence-electron chi connectivity index (χ0n) is 15.5. The van der Waals surface area contributed by atoms with Gasteiger partial charge in [-0.05, 0) is 0 Å². The maximum Gasteiger partial charge on any atom is 0.365 e. The Balaban J connectivity index is -0.00000200. The molecule has 6 heteroatoms. The zero-order valence-corrected chi connectivity index (χ0v) is 25.9. The molecule has 0 amide bonds. The van der Waals surface area contributed by atoms with Crippen LogP contribution in [0.15, 0.2) is 0 Å². The first-order chi connectivity index (χ1) is 9.62. The monoisotopic (exact) mass is 678 g/mol. The third kappa shape index (κ3) is 16.7. The molecule has 0 aliphatic heterocycles. The van der Waals surface area contributed by atoms with Gasteiger partial charge >= 0.3 is 6.18 Å². The quantitative estimate of drug-likeness (QED) is 0.134. The van der Waals surface area contributed by atoms with E-state index in [1.807, 2.05) is 0 Å². The minimum Gasteiger partial charge on any atom is -0.332 e. The van der Waals surface area contributed by atoms with Gasteiger partial charge in [0.1, 0.15) is 0 Å². The second-order valence-corrected chi connectivity index (χ2v) is 10.3. The maximum atomic E-state index is 12.3. The second-order valence-electron chi connectivity index (χ2n) is 7.09. The Morgan fingerprint density at radius 2 is 1.52 bits per heavy atom. The fraction of sp³-hybridized carbons (Fsp3) is 0.882. The zero-order chi connectivity index (χ0) is 16.5. The summed E-state index contributed by atoms with van der Waals surface area (Å²) in [6, 6.07) is 1.34. The molecular weight excluding hydrogens is 645 g/mol. The van der Waals surface area contributed by atoms with E-state index in [0.29, 0.717) is 12.3 Å². The molecule has 23 heavy (non-hydrogen) atoms. The van der Waals surface area contributed by atoms with Crippen molar-refractivity contribution in [2.24, 2.45) is 11.8 Å². The summed E-state index contributed by atoms with van der Waals surface area (Å²) in [5, 5.41) is 0. The molecule has 0 aromatic carbocycles. The number of alkyl halides is 3. The second kappa shape index (κ2) is 14.5. The maximum absolute atomic E-state index is 12.3. The van der Waals surface area contributed by atoms with Gasteiger partial charge in [-0.25, -0.2) is 0 Å². The summed E-state index contributed by atoms with van der Waals surface area (Å²) < 4.78 is 36.8. The molecule has 0 fully saturated rings. The van der Waals surface area contributed by atoms with E-state index in [1.54, 1.807) is 5.92 Å². The van der Waals surface area contributed by atoms with Gasteiger partial charge in [-0.3, -0.25) is 0 Å². The normalized spacial score (nSPS) is 14.3. The summed E-state index contributed by atoms with van der Waals surface area (Å²) in [5.74, 6) is 0.955. The SMILES string of the molecule is [CH2-]C(CCCCCCC(C)C[C-](C)C[SiH](C)C)C(F)(F)F.[Rf].[Y]. The molecule has 0 aromatic heterocycles. The van der Waals surface area contributed by atoms with Crippen LogP contribution in [0.2, 0.25) is 19.1 Å². The predicted molar refractivity (Wildman–Crippen MR) is 89.0 cm³/mol. The number of unbranched alkanes of at least 4 members (excludes halogenated alkanes) is 3. The van der Waals surface area contributed by atoms with Crippen LogP contribution in [0.4, 0.5) is 13.2 Å². The molecule has 0 heterocycles. The Morgan fingerprint density at radius 1 is 1.04 bits per heavy atom. The average Bonchev–Trinajstić information content (AvgIpc) is 2.30. The summed E-state index contributed by atoms with van der Waals surface area (Å²) in [7, 11) is -0.489. The summed E-state index contributed by atoms with van der Waals surface area (Å²) in [5.41, 5.74) is 0. The third-order valence-corrected chi connectivity index (χ3v) is 5.43. The van der Waals surface area contributed by atoms with Crippen LogP contribution in [0.25, 0.3) is 0 Å². The van der Waals surface area contributed by atoms with Crippen LogP contribution in [0.1, 0.15) is 58.8 Å². The van der Waals surface area contributed by atoms with Crippen LogP contribution in [0.3, 0.4) is 0 Å². The van der Waals surface area contributed by atoms with Gasteiger partial charge in [-0.15, -0.1) is 0 Å². The van der Waals surface area contributed by atoms with Gasteiger partial charge < -0.3 is 12.8 Å². The molecular formula is C17H33F3RfSiY-2. The van der Waals surface area contributed by atoms with E-state index >= 15 is 0 Å². The van der Waals surface area contributed by atoms with Crippen molar-refractivity contribution in [3.8, 4) is 0 Å². The molecule has 133 valence electrons. The summed E-state index contributed by atoms with van der Waals surface area (Å²) in [4.78, 5) is 0. The third-order valence-electron chi connectivity index (χ3n) is 3.92. The summed E-state index contributed by atoms with van der Waals surface area (Å²) in [6.07, 6.45) is 2.20. The molecule has 0 N–H and O–H groups in total. The number of halogens is 3. The molecule has 0 bridgehead atoms. The van der Waals surface area contributed by atoms with E-state index in [2.05, 4.69) is 33.9 Å². The first kappa shape index (κ1) is 27.9. The first-order valence-corrected chi connectivity index (χ1v) is 11.5.